The van der Waals surface area contributed by atoms with E-state index in [-0.39, 0.29) is 5.91 Å². The van der Waals surface area contributed by atoms with Gasteiger partial charge < -0.3 is 10.3 Å². The van der Waals surface area contributed by atoms with Gasteiger partial charge in [0.15, 0.2) is 5.65 Å². The fourth-order valence-electron chi connectivity index (χ4n) is 2.51. The molecule has 0 radical (unpaired) electrons. The van der Waals surface area contributed by atoms with Crippen LogP contribution in [0.1, 0.15) is 25.3 Å². The Balaban J connectivity index is 1.57. The highest BCUT2D eigenvalue weighted by Crippen LogP contribution is 2.25. The maximum atomic E-state index is 11.7. The lowest BCUT2D eigenvalue weighted by Crippen LogP contribution is -2.27. The summed E-state index contributed by atoms with van der Waals surface area (Å²) in [5.74, 6) is 0.356. The van der Waals surface area contributed by atoms with E-state index >= 15 is 0 Å². The lowest BCUT2D eigenvalue weighted by atomic mass is 10.1. The Kier molecular flexibility index (Phi) is 3.65. The third-order valence-corrected chi connectivity index (χ3v) is 4.78. The van der Waals surface area contributed by atoms with Crippen LogP contribution >= 0.6 is 11.8 Å². The third kappa shape index (κ3) is 3.01. The molecule has 1 saturated carbocycles. The van der Waals surface area contributed by atoms with Gasteiger partial charge in [0.05, 0.1) is 5.75 Å². The van der Waals surface area contributed by atoms with Crippen molar-refractivity contribution in [1.82, 2.24) is 25.5 Å². The zero-order chi connectivity index (χ0) is 15.8. The van der Waals surface area contributed by atoms with Crippen LogP contribution in [0, 0.1) is 0 Å². The van der Waals surface area contributed by atoms with E-state index in [0.29, 0.717) is 22.6 Å². The van der Waals surface area contributed by atoms with Crippen LogP contribution in [0.2, 0.25) is 0 Å². The molecule has 0 bridgehead atoms. The minimum atomic E-state index is 0.0328. The molecular weight excluding hydrogens is 310 g/mol. The van der Waals surface area contributed by atoms with Crippen LogP contribution in [0.3, 0.4) is 0 Å². The van der Waals surface area contributed by atoms with Gasteiger partial charge in [0.25, 0.3) is 0 Å². The number of hydrogen-bond acceptors (Lipinski definition) is 5. The lowest BCUT2D eigenvalue weighted by molar-refractivity contribution is -0.118. The standard InChI is InChI=1S/C16H17N5OS/c1-2-9-3-6-12-11(7-9)14-15(18-12)19-16(21-20-14)23-8-13(22)17-10-4-5-10/h3,6-7,10H,2,4-5,8H2,1H3,(H,17,22)(H,18,19,21). The molecule has 118 valence electrons. The van der Waals surface area contributed by atoms with E-state index in [1.54, 1.807) is 0 Å². The first-order valence-electron chi connectivity index (χ1n) is 7.80. The summed E-state index contributed by atoms with van der Waals surface area (Å²) in [5, 5.41) is 13.0. The average molecular weight is 327 g/mol. The van der Waals surface area contributed by atoms with Gasteiger partial charge in [-0.25, -0.2) is 4.98 Å². The predicted octanol–water partition coefficient (Wildman–Crippen LogP) is 2.44. The number of aryl methyl sites for hydroxylation is 1. The highest BCUT2D eigenvalue weighted by atomic mass is 32.2. The number of aromatic amines is 1. The largest absolute Gasteiger partial charge is 0.353 e. The Morgan fingerprint density at radius 1 is 1.39 bits per heavy atom. The van der Waals surface area contributed by atoms with Gasteiger partial charge in [-0.05, 0) is 37.0 Å². The molecule has 2 heterocycles. The topological polar surface area (TPSA) is 83.6 Å². The average Bonchev–Trinajstić information content (AvgIpc) is 3.30. The fourth-order valence-corrected chi connectivity index (χ4v) is 3.11. The highest BCUT2D eigenvalue weighted by molar-refractivity contribution is 7.99. The number of carbonyl (C=O) groups is 1. The molecule has 0 atom stereocenters. The molecule has 1 amide bonds. The van der Waals surface area contributed by atoms with Crippen molar-refractivity contribution in [2.45, 2.75) is 37.4 Å². The molecule has 7 heteroatoms. The monoisotopic (exact) mass is 327 g/mol. The smallest absolute Gasteiger partial charge is 0.230 e. The molecule has 2 N–H and O–H groups in total. The van der Waals surface area contributed by atoms with Crippen molar-refractivity contribution in [2.75, 3.05) is 5.75 Å². The second-order valence-corrected chi connectivity index (χ2v) is 6.72. The van der Waals surface area contributed by atoms with Gasteiger partial charge in [-0.2, -0.15) is 0 Å². The van der Waals surface area contributed by atoms with E-state index in [0.717, 1.165) is 35.7 Å². The first-order valence-corrected chi connectivity index (χ1v) is 8.78. The van der Waals surface area contributed by atoms with E-state index in [4.69, 9.17) is 0 Å². The Labute approximate surface area is 137 Å². The van der Waals surface area contributed by atoms with Crippen LogP contribution in [0.25, 0.3) is 22.1 Å². The quantitative estimate of drug-likeness (QED) is 0.703. The number of amides is 1. The Bertz CT molecular complexity index is 887. The predicted molar refractivity (Wildman–Crippen MR) is 90.5 cm³/mol. The second-order valence-electron chi connectivity index (χ2n) is 5.78. The number of nitrogens with zero attached hydrogens (tertiary/aromatic N) is 3. The molecule has 1 aromatic carbocycles. The summed E-state index contributed by atoms with van der Waals surface area (Å²) in [6, 6.07) is 6.66. The summed E-state index contributed by atoms with van der Waals surface area (Å²) in [7, 11) is 0. The van der Waals surface area contributed by atoms with Crippen molar-refractivity contribution in [1.29, 1.82) is 0 Å². The normalized spacial score (nSPS) is 14.5. The maximum absolute atomic E-state index is 11.7. The van der Waals surface area contributed by atoms with Crippen molar-refractivity contribution in [3.05, 3.63) is 23.8 Å². The molecule has 6 nitrogen and oxygen atoms in total. The molecule has 0 unspecified atom stereocenters. The van der Waals surface area contributed by atoms with E-state index < -0.39 is 0 Å². The molecule has 1 aliphatic carbocycles. The minimum absolute atomic E-state index is 0.0328. The van der Waals surface area contributed by atoms with Gasteiger partial charge in [-0.1, -0.05) is 24.8 Å². The van der Waals surface area contributed by atoms with Gasteiger partial charge in [0.2, 0.25) is 11.1 Å². The summed E-state index contributed by atoms with van der Waals surface area (Å²) in [6.07, 6.45) is 3.16. The van der Waals surface area contributed by atoms with Gasteiger partial charge in [0.1, 0.15) is 5.52 Å². The van der Waals surface area contributed by atoms with Crippen LogP contribution in [-0.2, 0) is 11.2 Å². The molecule has 3 aromatic rings. The summed E-state index contributed by atoms with van der Waals surface area (Å²) in [6.45, 7) is 2.13. The van der Waals surface area contributed by atoms with Crippen molar-refractivity contribution >= 4 is 39.7 Å². The fraction of sp³-hybridized carbons (Fsp3) is 0.375. The Morgan fingerprint density at radius 3 is 3.04 bits per heavy atom. The molecule has 1 fully saturated rings. The van der Waals surface area contributed by atoms with Crippen LogP contribution in [0.15, 0.2) is 23.4 Å². The number of carbonyl (C=O) groups excluding carboxylic acids is 1. The SMILES string of the molecule is CCc1ccc2[nH]c3nc(SCC(=O)NC4CC4)nnc3c2c1. The number of thioether (sulfide) groups is 1. The van der Waals surface area contributed by atoms with Crippen LogP contribution < -0.4 is 5.32 Å². The van der Waals surface area contributed by atoms with Crippen LogP contribution in [0.4, 0.5) is 0 Å². The molecule has 0 saturated heterocycles. The van der Waals surface area contributed by atoms with Gasteiger partial charge >= 0.3 is 0 Å². The number of nitrogens with one attached hydrogen (secondary N) is 2. The summed E-state index contributed by atoms with van der Waals surface area (Å²) >= 11 is 1.31. The van der Waals surface area contributed by atoms with E-state index in [1.165, 1.54) is 17.3 Å². The molecule has 1 aliphatic rings. The molecule has 2 aromatic heterocycles. The second kappa shape index (κ2) is 5.81. The first kappa shape index (κ1) is 14.4. The zero-order valence-electron chi connectivity index (χ0n) is 12.8. The molecular formula is C16H17N5OS. The van der Waals surface area contributed by atoms with Crippen LogP contribution in [0.5, 0.6) is 0 Å². The Morgan fingerprint density at radius 2 is 2.26 bits per heavy atom. The number of H-pyrrole nitrogens is 1. The van der Waals surface area contributed by atoms with E-state index in [2.05, 4.69) is 44.5 Å². The summed E-state index contributed by atoms with van der Waals surface area (Å²) in [4.78, 5) is 19.5. The van der Waals surface area contributed by atoms with Gasteiger partial charge in [-0.3, -0.25) is 4.79 Å². The van der Waals surface area contributed by atoms with Crippen LogP contribution in [-0.4, -0.2) is 37.9 Å². The number of fused-ring (bicyclic) bond motifs is 3. The first-order chi connectivity index (χ1) is 11.2. The number of hydrogen-bond donors (Lipinski definition) is 2. The van der Waals surface area contributed by atoms with Gasteiger partial charge in [-0.15, -0.1) is 10.2 Å². The highest BCUT2D eigenvalue weighted by Gasteiger charge is 2.23. The van der Waals surface area contributed by atoms with Crippen molar-refractivity contribution < 1.29 is 4.79 Å². The van der Waals surface area contributed by atoms with Crippen molar-refractivity contribution in [3.63, 3.8) is 0 Å². The summed E-state index contributed by atoms with van der Waals surface area (Å²) in [5.41, 5.74) is 3.76. The van der Waals surface area contributed by atoms with Crippen molar-refractivity contribution in [3.8, 4) is 0 Å². The van der Waals surface area contributed by atoms with E-state index in [9.17, 15) is 4.79 Å². The Hall–Kier alpha value is -2.15. The number of aromatic nitrogens is 4. The molecule has 0 spiro atoms. The van der Waals surface area contributed by atoms with Crippen molar-refractivity contribution in [2.24, 2.45) is 0 Å². The molecule has 23 heavy (non-hydrogen) atoms. The minimum Gasteiger partial charge on any atom is -0.353 e. The molecule has 4 rings (SSSR count). The molecule has 0 aliphatic heterocycles. The number of rotatable bonds is 5. The lowest BCUT2D eigenvalue weighted by Gasteiger charge is -2.01. The zero-order valence-corrected chi connectivity index (χ0v) is 13.6. The van der Waals surface area contributed by atoms with Gasteiger partial charge in [0, 0.05) is 16.9 Å². The van der Waals surface area contributed by atoms with E-state index in [1.807, 2.05) is 6.07 Å². The third-order valence-electron chi connectivity index (χ3n) is 3.94. The number of benzene rings is 1. The summed E-state index contributed by atoms with van der Waals surface area (Å²) < 4.78 is 0. The maximum Gasteiger partial charge on any atom is 0.230 e.